The Kier molecular flexibility index (Phi) is 7.86. The maximum atomic E-state index is 13.3. The maximum absolute atomic E-state index is 13.3. The number of pyridine rings is 2. The molecule has 1 saturated heterocycles. The molecule has 0 atom stereocenters. The van der Waals surface area contributed by atoms with Gasteiger partial charge in [-0.05, 0) is 68.3 Å². The Hall–Kier alpha value is -3.88. The molecule has 11 heteroatoms. The number of nitriles is 1. The number of hydrogen-bond acceptors (Lipinski definition) is 8. The Morgan fingerprint density at radius 3 is 2.79 bits per heavy atom. The number of aldehydes is 1. The van der Waals surface area contributed by atoms with Gasteiger partial charge in [0.25, 0.3) is 0 Å². The van der Waals surface area contributed by atoms with Gasteiger partial charge in [-0.2, -0.15) is 5.26 Å². The predicted octanol–water partition coefficient (Wildman–Crippen LogP) is 2.39. The fraction of sp³-hybridized carbons (Fsp3) is 0.500. The minimum atomic E-state index is -0.395. The van der Waals surface area contributed by atoms with Crippen LogP contribution >= 0.6 is 0 Å². The second kappa shape index (κ2) is 11.5. The summed E-state index contributed by atoms with van der Waals surface area (Å²) in [5.41, 5.74) is 3.14. The van der Waals surface area contributed by atoms with Crippen LogP contribution in [0.2, 0.25) is 0 Å². The molecule has 2 aliphatic heterocycles. The molecule has 0 aromatic carbocycles. The number of likely N-dealkylation sites (N-methyl/N-ethyl adjacent to an activating group) is 1. The first kappa shape index (κ1) is 26.7. The van der Waals surface area contributed by atoms with Gasteiger partial charge in [-0.1, -0.05) is 0 Å². The van der Waals surface area contributed by atoms with Gasteiger partial charge in [-0.25, -0.2) is 14.8 Å². The van der Waals surface area contributed by atoms with Crippen molar-refractivity contribution in [1.82, 2.24) is 19.8 Å². The van der Waals surface area contributed by atoms with E-state index in [1.54, 1.807) is 18.1 Å². The summed E-state index contributed by atoms with van der Waals surface area (Å²) in [5.74, 6) is 1.26. The molecular formula is C28H33N7O4. The van der Waals surface area contributed by atoms with Crippen LogP contribution in [0.25, 0.3) is 0 Å². The Labute approximate surface area is 227 Å². The summed E-state index contributed by atoms with van der Waals surface area (Å²) in [4.78, 5) is 51.9. The fourth-order valence-corrected chi connectivity index (χ4v) is 5.54. The molecule has 11 nitrogen and oxygen atoms in total. The molecule has 2 aromatic rings. The van der Waals surface area contributed by atoms with E-state index in [4.69, 9.17) is 4.74 Å². The summed E-state index contributed by atoms with van der Waals surface area (Å²) < 4.78 is 5.37. The molecule has 5 rings (SSSR count). The van der Waals surface area contributed by atoms with Gasteiger partial charge in [0.1, 0.15) is 23.4 Å². The van der Waals surface area contributed by atoms with Crippen molar-refractivity contribution in [2.45, 2.75) is 44.8 Å². The standard InChI is InChI=1S/C28H33N7O4/c1-33-6-7-34(26(37)16-33)15-21-11-19-4-3-5-35(27(19)31-24(21)17-36)28(38)32-25-12-20(22(13-29)14-30-25)8-18-9-23(10-18)39-2/h11-12,14,17-18,23H,3-10,15-16H2,1-2H3,(H,30,32,38). The molecule has 2 fully saturated rings. The third-order valence-corrected chi connectivity index (χ3v) is 7.88. The minimum absolute atomic E-state index is 0.0180. The molecule has 1 saturated carbocycles. The summed E-state index contributed by atoms with van der Waals surface area (Å²) in [5, 5.41) is 12.4. The quantitative estimate of drug-likeness (QED) is 0.539. The number of anilines is 2. The number of amides is 3. The SMILES string of the molecule is COC1CC(Cc2cc(NC(=O)N3CCCc4cc(CN5CCN(C)CC5=O)c(C=O)nc43)ncc2C#N)C1. The molecule has 1 aliphatic carbocycles. The molecule has 2 aromatic heterocycles. The van der Waals surface area contributed by atoms with Crippen molar-refractivity contribution >= 4 is 29.9 Å². The highest BCUT2D eigenvalue weighted by atomic mass is 16.5. The van der Waals surface area contributed by atoms with Crippen molar-refractivity contribution in [2.24, 2.45) is 5.92 Å². The highest BCUT2D eigenvalue weighted by Gasteiger charge is 2.31. The van der Waals surface area contributed by atoms with Gasteiger partial charge in [0.2, 0.25) is 5.91 Å². The molecule has 1 N–H and O–H groups in total. The summed E-state index contributed by atoms with van der Waals surface area (Å²) >= 11 is 0. The zero-order valence-corrected chi connectivity index (χ0v) is 22.4. The minimum Gasteiger partial charge on any atom is -0.381 e. The number of hydrogen-bond donors (Lipinski definition) is 1. The van der Waals surface area contributed by atoms with E-state index in [-0.39, 0.29) is 17.7 Å². The third-order valence-electron chi connectivity index (χ3n) is 7.88. The van der Waals surface area contributed by atoms with Crippen LogP contribution in [-0.4, -0.2) is 84.4 Å². The second-order valence-corrected chi connectivity index (χ2v) is 10.6. The number of nitrogens with zero attached hydrogens (tertiary/aromatic N) is 6. The number of carbonyl (C=O) groups excluding carboxylic acids is 3. The average Bonchev–Trinajstić information content (AvgIpc) is 2.91. The Morgan fingerprint density at radius 1 is 1.26 bits per heavy atom. The summed E-state index contributed by atoms with van der Waals surface area (Å²) in [6.45, 7) is 2.48. The number of urea groups is 1. The molecule has 3 amide bonds. The molecule has 0 spiro atoms. The van der Waals surface area contributed by atoms with E-state index in [0.29, 0.717) is 61.1 Å². The first-order valence-electron chi connectivity index (χ1n) is 13.3. The maximum Gasteiger partial charge on any atom is 0.328 e. The number of methoxy groups -OCH3 is 1. The van der Waals surface area contributed by atoms with E-state index in [2.05, 4.69) is 21.4 Å². The zero-order chi connectivity index (χ0) is 27.5. The van der Waals surface area contributed by atoms with Gasteiger partial charge in [-0.15, -0.1) is 0 Å². The van der Waals surface area contributed by atoms with Crippen LogP contribution in [0, 0.1) is 17.2 Å². The van der Waals surface area contributed by atoms with E-state index in [9.17, 15) is 19.6 Å². The van der Waals surface area contributed by atoms with E-state index >= 15 is 0 Å². The van der Waals surface area contributed by atoms with Crippen LogP contribution in [0.5, 0.6) is 0 Å². The molecule has 204 valence electrons. The van der Waals surface area contributed by atoms with E-state index < -0.39 is 6.03 Å². The number of rotatable bonds is 7. The lowest BCUT2D eigenvalue weighted by Crippen LogP contribution is -2.48. The number of aryl methyl sites for hydroxylation is 1. The van der Waals surface area contributed by atoms with Gasteiger partial charge < -0.3 is 9.64 Å². The van der Waals surface area contributed by atoms with Crippen molar-refractivity contribution in [3.8, 4) is 6.07 Å². The smallest absolute Gasteiger partial charge is 0.328 e. The van der Waals surface area contributed by atoms with Gasteiger partial charge in [0.05, 0.1) is 18.2 Å². The monoisotopic (exact) mass is 531 g/mol. The number of aromatic nitrogens is 2. The molecule has 0 bridgehead atoms. The molecular weight excluding hydrogens is 498 g/mol. The van der Waals surface area contributed by atoms with Gasteiger partial charge in [0, 0.05) is 45.0 Å². The molecule has 39 heavy (non-hydrogen) atoms. The normalized spacial score (nSPS) is 21.1. The van der Waals surface area contributed by atoms with Crippen LogP contribution in [0.3, 0.4) is 0 Å². The first-order chi connectivity index (χ1) is 18.9. The largest absolute Gasteiger partial charge is 0.381 e. The van der Waals surface area contributed by atoms with Crippen molar-refractivity contribution in [1.29, 1.82) is 5.26 Å². The lowest BCUT2D eigenvalue weighted by molar-refractivity contribution is -0.136. The number of ether oxygens (including phenoxy) is 1. The molecule has 4 heterocycles. The van der Waals surface area contributed by atoms with Gasteiger partial charge in [-0.3, -0.25) is 24.7 Å². The fourth-order valence-electron chi connectivity index (χ4n) is 5.54. The van der Waals surface area contributed by atoms with Crippen LogP contribution < -0.4 is 10.2 Å². The highest BCUT2D eigenvalue weighted by molar-refractivity contribution is 6.01. The van der Waals surface area contributed by atoms with Crippen LogP contribution in [-0.2, 0) is 28.9 Å². The average molecular weight is 532 g/mol. The molecule has 0 radical (unpaired) electrons. The summed E-state index contributed by atoms with van der Waals surface area (Å²) in [7, 11) is 3.62. The number of nitrogens with one attached hydrogen (secondary N) is 1. The Balaban J connectivity index is 1.32. The van der Waals surface area contributed by atoms with E-state index in [1.165, 1.54) is 11.1 Å². The Morgan fingerprint density at radius 2 is 2.08 bits per heavy atom. The third kappa shape index (κ3) is 5.77. The molecule has 0 unspecified atom stereocenters. The van der Waals surface area contributed by atoms with Crippen molar-refractivity contribution < 1.29 is 19.1 Å². The van der Waals surface area contributed by atoms with Crippen molar-refractivity contribution in [2.75, 3.05) is 50.6 Å². The number of carbonyl (C=O) groups is 3. The van der Waals surface area contributed by atoms with Crippen LogP contribution in [0.15, 0.2) is 18.3 Å². The van der Waals surface area contributed by atoms with Crippen LogP contribution in [0.4, 0.5) is 16.4 Å². The van der Waals surface area contributed by atoms with Crippen molar-refractivity contribution in [3.05, 3.63) is 46.3 Å². The number of fused-ring (bicyclic) bond motifs is 1. The van der Waals surface area contributed by atoms with Crippen molar-refractivity contribution in [3.63, 3.8) is 0 Å². The number of piperazine rings is 1. The highest BCUT2D eigenvalue weighted by Crippen LogP contribution is 2.34. The van der Waals surface area contributed by atoms with Gasteiger partial charge in [0.15, 0.2) is 6.29 Å². The van der Waals surface area contributed by atoms with Crippen LogP contribution in [0.1, 0.15) is 52.0 Å². The van der Waals surface area contributed by atoms with Gasteiger partial charge >= 0.3 is 6.03 Å². The zero-order valence-electron chi connectivity index (χ0n) is 22.4. The lowest BCUT2D eigenvalue weighted by atomic mass is 9.78. The molecule has 3 aliphatic rings. The Bertz CT molecular complexity index is 1320. The summed E-state index contributed by atoms with van der Waals surface area (Å²) in [6.07, 6.45) is 6.54. The van der Waals surface area contributed by atoms with E-state index in [1.807, 2.05) is 18.0 Å². The topological polar surface area (TPSA) is 132 Å². The summed E-state index contributed by atoms with van der Waals surface area (Å²) in [6, 6.07) is 5.47. The predicted molar refractivity (Wildman–Crippen MR) is 143 cm³/mol. The second-order valence-electron chi connectivity index (χ2n) is 10.6. The lowest BCUT2D eigenvalue weighted by Gasteiger charge is -2.34. The first-order valence-corrected chi connectivity index (χ1v) is 13.3. The van der Waals surface area contributed by atoms with E-state index in [0.717, 1.165) is 49.8 Å².